The van der Waals surface area contributed by atoms with Gasteiger partial charge >= 0.3 is 0 Å². The summed E-state index contributed by atoms with van der Waals surface area (Å²) in [5.74, 6) is 1.95. The SMILES string of the molecule is CN=C(NCCS(=O)Cc1ccccc1)NCC(C)Sc1ccccc1.I. The number of benzene rings is 2. The van der Waals surface area contributed by atoms with Crippen LogP contribution in [0.1, 0.15) is 12.5 Å². The van der Waals surface area contributed by atoms with Crippen LogP contribution in [0.4, 0.5) is 0 Å². The maximum absolute atomic E-state index is 12.2. The Morgan fingerprint density at radius 1 is 1.07 bits per heavy atom. The minimum atomic E-state index is -0.878. The Balaban J connectivity index is 0.00000364. The zero-order chi connectivity index (χ0) is 18.6. The third kappa shape index (κ3) is 10.2. The first-order valence-corrected chi connectivity index (χ1v) is 11.1. The Morgan fingerprint density at radius 3 is 2.33 bits per heavy atom. The molecule has 148 valence electrons. The molecule has 0 aromatic heterocycles. The van der Waals surface area contributed by atoms with Crippen molar-refractivity contribution in [3.63, 3.8) is 0 Å². The summed E-state index contributed by atoms with van der Waals surface area (Å²) in [6.07, 6.45) is 0. The lowest BCUT2D eigenvalue weighted by Crippen LogP contribution is -2.41. The quantitative estimate of drug-likeness (QED) is 0.229. The molecule has 0 saturated carbocycles. The molecular weight excluding hydrogens is 489 g/mol. The molecule has 2 rings (SSSR count). The zero-order valence-corrected chi connectivity index (χ0v) is 19.7. The molecule has 7 heteroatoms. The van der Waals surface area contributed by atoms with E-state index in [1.165, 1.54) is 4.90 Å². The molecule has 0 spiro atoms. The van der Waals surface area contributed by atoms with Crippen molar-refractivity contribution in [1.29, 1.82) is 0 Å². The van der Waals surface area contributed by atoms with Crippen LogP contribution in [0.15, 0.2) is 70.6 Å². The number of thioether (sulfide) groups is 1. The normalized spacial score (nSPS) is 13.3. The van der Waals surface area contributed by atoms with Crippen molar-refractivity contribution in [2.45, 2.75) is 22.8 Å². The Bertz CT molecular complexity index is 699. The fraction of sp³-hybridized carbons (Fsp3) is 0.350. The van der Waals surface area contributed by atoms with E-state index in [9.17, 15) is 4.21 Å². The van der Waals surface area contributed by atoms with Crippen molar-refractivity contribution in [2.24, 2.45) is 4.99 Å². The lowest BCUT2D eigenvalue weighted by Gasteiger charge is -2.16. The number of hydrogen-bond donors (Lipinski definition) is 2. The highest BCUT2D eigenvalue weighted by Gasteiger charge is 2.06. The van der Waals surface area contributed by atoms with E-state index < -0.39 is 10.8 Å². The summed E-state index contributed by atoms with van der Waals surface area (Å²) in [7, 11) is 0.877. The molecular formula is C20H28IN3OS2. The first-order valence-electron chi connectivity index (χ1n) is 8.72. The average Bonchev–Trinajstić information content (AvgIpc) is 2.66. The summed E-state index contributed by atoms with van der Waals surface area (Å²) in [5, 5.41) is 6.99. The van der Waals surface area contributed by atoms with Crippen molar-refractivity contribution in [3.05, 3.63) is 66.2 Å². The van der Waals surface area contributed by atoms with Gasteiger partial charge < -0.3 is 10.6 Å². The minimum absolute atomic E-state index is 0. The van der Waals surface area contributed by atoms with Crippen LogP contribution in [0.3, 0.4) is 0 Å². The Labute approximate surface area is 186 Å². The second kappa shape index (κ2) is 14.0. The number of nitrogens with zero attached hydrogens (tertiary/aromatic N) is 1. The molecule has 2 atom stereocenters. The Morgan fingerprint density at radius 2 is 1.70 bits per heavy atom. The molecule has 2 aromatic rings. The lowest BCUT2D eigenvalue weighted by atomic mass is 10.2. The van der Waals surface area contributed by atoms with E-state index in [1.807, 2.05) is 48.2 Å². The summed E-state index contributed by atoms with van der Waals surface area (Å²) >= 11 is 1.83. The van der Waals surface area contributed by atoms with Crippen molar-refractivity contribution in [2.75, 3.05) is 25.9 Å². The molecule has 0 saturated heterocycles. The molecule has 0 heterocycles. The average molecular weight is 518 g/mol. The minimum Gasteiger partial charge on any atom is -0.355 e. The number of guanidine groups is 1. The van der Waals surface area contributed by atoms with Crippen LogP contribution in [0.2, 0.25) is 0 Å². The van der Waals surface area contributed by atoms with Crippen LogP contribution in [0.5, 0.6) is 0 Å². The third-order valence-corrected chi connectivity index (χ3v) is 6.08. The Hall–Kier alpha value is -1.06. The lowest BCUT2D eigenvalue weighted by molar-refractivity contribution is 0.680. The van der Waals surface area contributed by atoms with Gasteiger partial charge in [0.25, 0.3) is 0 Å². The van der Waals surface area contributed by atoms with Crippen molar-refractivity contribution >= 4 is 52.5 Å². The van der Waals surface area contributed by atoms with Gasteiger partial charge in [0.2, 0.25) is 0 Å². The van der Waals surface area contributed by atoms with Gasteiger partial charge in [0.05, 0.1) is 0 Å². The number of hydrogen-bond acceptors (Lipinski definition) is 3. The molecule has 0 aliphatic rings. The van der Waals surface area contributed by atoms with E-state index in [-0.39, 0.29) is 24.0 Å². The van der Waals surface area contributed by atoms with E-state index in [2.05, 4.69) is 46.8 Å². The molecule has 0 bridgehead atoms. The van der Waals surface area contributed by atoms with Crippen LogP contribution < -0.4 is 10.6 Å². The summed E-state index contributed by atoms with van der Waals surface area (Å²) in [6.45, 7) is 3.64. The highest BCUT2D eigenvalue weighted by molar-refractivity contribution is 14.0. The van der Waals surface area contributed by atoms with Crippen LogP contribution in [0, 0.1) is 0 Å². The topological polar surface area (TPSA) is 53.5 Å². The molecule has 27 heavy (non-hydrogen) atoms. The van der Waals surface area contributed by atoms with Gasteiger partial charge in [0.15, 0.2) is 5.96 Å². The van der Waals surface area contributed by atoms with Crippen LogP contribution in [-0.2, 0) is 16.6 Å². The van der Waals surface area contributed by atoms with Crippen LogP contribution in [-0.4, -0.2) is 41.3 Å². The first kappa shape index (κ1) is 24.0. The largest absolute Gasteiger partial charge is 0.355 e. The highest BCUT2D eigenvalue weighted by Crippen LogP contribution is 2.21. The molecule has 4 nitrogen and oxygen atoms in total. The van der Waals surface area contributed by atoms with Gasteiger partial charge in [-0.05, 0) is 17.7 Å². The second-order valence-corrected chi connectivity index (χ2v) is 8.98. The molecule has 0 aliphatic carbocycles. The van der Waals surface area contributed by atoms with Crippen LogP contribution >= 0.6 is 35.7 Å². The molecule has 2 N–H and O–H groups in total. The zero-order valence-electron chi connectivity index (χ0n) is 15.8. The predicted octanol–water partition coefficient (Wildman–Crippen LogP) is 3.90. The van der Waals surface area contributed by atoms with Gasteiger partial charge in [-0.2, -0.15) is 0 Å². The van der Waals surface area contributed by atoms with Gasteiger partial charge in [-0.3, -0.25) is 9.20 Å². The van der Waals surface area contributed by atoms with E-state index in [1.54, 1.807) is 7.05 Å². The van der Waals surface area contributed by atoms with Crippen molar-refractivity contribution < 1.29 is 4.21 Å². The van der Waals surface area contributed by atoms with E-state index in [0.717, 1.165) is 18.1 Å². The standard InChI is InChI=1S/C20H27N3OS2.HI/c1-17(25-19-11-7-4-8-12-19)15-23-20(21-2)22-13-14-26(24)16-18-9-5-3-6-10-18;/h3-12,17H,13-16H2,1-2H3,(H2,21,22,23);1H. The number of rotatable bonds is 9. The number of aliphatic imine (C=N–C) groups is 1. The fourth-order valence-corrected chi connectivity index (χ4v) is 4.33. The summed E-state index contributed by atoms with van der Waals surface area (Å²) in [5.41, 5.74) is 1.11. The monoisotopic (exact) mass is 517 g/mol. The van der Waals surface area contributed by atoms with Gasteiger partial charge in [0, 0.05) is 52.6 Å². The van der Waals surface area contributed by atoms with Gasteiger partial charge in [-0.15, -0.1) is 35.7 Å². The number of nitrogens with one attached hydrogen (secondary N) is 2. The second-order valence-electron chi connectivity index (χ2n) is 5.90. The predicted molar refractivity (Wildman–Crippen MR) is 130 cm³/mol. The third-order valence-electron chi connectivity index (χ3n) is 3.65. The van der Waals surface area contributed by atoms with Gasteiger partial charge in [0.1, 0.15) is 0 Å². The molecule has 2 unspecified atom stereocenters. The van der Waals surface area contributed by atoms with E-state index in [0.29, 0.717) is 23.3 Å². The maximum Gasteiger partial charge on any atom is 0.191 e. The number of halogens is 1. The maximum atomic E-state index is 12.2. The fourth-order valence-electron chi connectivity index (χ4n) is 2.35. The van der Waals surface area contributed by atoms with E-state index >= 15 is 0 Å². The van der Waals surface area contributed by atoms with Gasteiger partial charge in [-0.1, -0.05) is 55.5 Å². The van der Waals surface area contributed by atoms with Crippen molar-refractivity contribution in [3.8, 4) is 0 Å². The molecule has 0 aliphatic heterocycles. The Kier molecular flexibility index (Phi) is 12.4. The first-order chi connectivity index (χ1) is 12.7. The molecule has 0 fully saturated rings. The smallest absolute Gasteiger partial charge is 0.191 e. The summed E-state index contributed by atoms with van der Waals surface area (Å²) in [4.78, 5) is 5.50. The molecule has 0 amide bonds. The van der Waals surface area contributed by atoms with Crippen LogP contribution in [0.25, 0.3) is 0 Å². The highest BCUT2D eigenvalue weighted by atomic mass is 127. The van der Waals surface area contributed by atoms with Crippen molar-refractivity contribution in [1.82, 2.24) is 10.6 Å². The molecule has 2 aromatic carbocycles. The van der Waals surface area contributed by atoms with Gasteiger partial charge in [-0.25, -0.2) is 0 Å². The molecule has 0 radical (unpaired) electrons. The summed E-state index contributed by atoms with van der Waals surface area (Å²) in [6, 6.07) is 20.3. The van der Waals surface area contributed by atoms with E-state index in [4.69, 9.17) is 0 Å². The summed E-state index contributed by atoms with van der Waals surface area (Å²) < 4.78 is 12.2.